The number of ether oxygens (including phenoxy) is 1. The van der Waals surface area contributed by atoms with Crippen molar-refractivity contribution in [3.63, 3.8) is 0 Å². The summed E-state index contributed by atoms with van der Waals surface area (Å²) in [6.07, 6.45) is 4.45. The summed E-state index contributed by atoms with van der Waals surface area (Å²) in [7, 11) is 3.54. The van der Waals surface area contributed by atoms with Gasteiger partial charge in [-0.25, -0.2) is 9.78 Å². The van der Waals surface area contributed by atoms with Crippen LogP contribution in [-0.2, 0) is 18.3 Å². The second kappa shape index (κ2) is 7.16. The van der Waals surface area contributed by atoms with Crippen molar-refractivity contribution in [2.24, 2.45) is 7.05 Å². The van der Waals surface area contributed by atoms with Crippen LogP contribution >= 0.6 is 0 Å². The first-order valence-corrected chi connectivity index (χ1v) is 9.52. The van der Waals surface area contributed by atoms with Crippen LogP contribution in [0.5, 0.6) is 0 Å². The van der Waals surface area contributed by atoms with Crippen molar-refractivity contribution >= 4 is 16.9 Å². The molecule has 0 spiro atoms. The Hall–Kier alpha value is -2.66. The van der Waals surface area contributed by atoms with Crippen LogP contribution in [0, 0.1) is 6.92 Å². The van der Waals surface area contributed by atoms with E-state index in [1.807, 2.05) is 31.2 Å². The molecule has 0 saturated carbocycles. The summed E-state index contributed by atoms with van der Waals surface area (Å²) in [5, 5.41) is 1.01. The minimum absolute atomic E-state index is 0.297. The van der Waals surface area contributed by atoms with Gasteiger partial charge in [0, 0.05) is 31.5 Å². The third kappa shape index (κ3) is 3.12. The number of hydrogen-bond donors (Lipinski definition) is 1. The second-order valence-corrected chi connectivity index (χ2v) is 7.39. The van der Waals surface area contributed by atoms with Gasteiger partial charge in [-0.15, -0.1) is 0 Å². The largest absolute Gasteiger partial charge is 0.465 e. The smallest absolute Gasteiger partial charge is 0.340 e. The van der Waals surface area contributed by atoms with Crippen LogP contribution in [0.15, 0.2) is 42.6 Å². The van der Waals surface area contributed by atoms with E-state index in [1.165, 1.54) is 24.1 Å². The monoisotopic (exact) mass is 364 g/mol. The molecule has 0 amide bonds. The number of pyridine rings is 1. The van der Waals surface area contributed by atoms with Crippen molar-refractivity contribution in [2.45, 2.75) is 32.4 Å². The summed E-state index contributed by atoms with van der Waals surface area (Å²) in [5.74, 6) is -0.297. The molecular weight excluding hydrogens is 338 g/mol. The maximum Gasteiger partial charge on any atom is 0.340 e. The fourth-order valence-corrected chi connectivity index (χ4v) is 4.47. The molecule has 1 aliphatic heterocycles. The number of quaternary nitrogens is 1. The van der Waals surface area contributed by atoms with Gasteiger partial charge in [-0.3, -0.25) is 0 Å². The van der Waals surface area contributed by atoms with Crippen LogP contribution in [0.4, 0.5) is 0 Å². The van der Waals surface area contributed by atoms with Gasteiger partial charge < -0.3 is 14.2 Å². The number of nitrogens with zero attached hydrogens (tertiary/aromatic N) is 2. The van der Waals surface area contributed by atoms with E-state index in [1.54, 1.807) is 0 Å². The van der Waals surface area contributed by atoms with Gasteiger partial charge in [0.2, 0.25) is 0 Å². The van der Waals surface area contributed by atoms with Crippen LogP contribution in [-0.4, -0.2) is 29.2 Å². The molecule has 0 radical (unpaired) electrons. The van der Waals surface area contributed by atoms with E-state index in [0.717, 1.165) is 41.7 Å². The van der Waals surface area contributed by atoms with Gasteiger partial charge in [0.25, 0.3) is 0 Å². The molecule has 1 saturated heterocycles. The van der Waals surface area contributed by atoms with Gasteiger partial charge in [-0.2, -0.15) is 0 Å². The SMILES string of the molecule is COC(=O)c1c(C[NH+]2CCC[C@@H]2c2cccn2C)nc2ccccc2c1C. The highest BCUT2D eigenvalue weighted by atomic mass is 16.5. The fourth-order valence-electron chi connectivity index (χ4n) is 4.47. The first-order chi connectivity index (χ1) is 13.1. The molecule has 2 atom stereocenters. The summed E-state index contributed by atoms with van der Waals surface area (Å²) in [6, 6.07) is 12.7. The number of esters is 1. The van der Waals surface area contributed by atoms with Gasteiger partial charge in [-0.05, 0) is 30.7 Å². The number of aromatic nitrogens is 2. The Morgan fingerprint density at radius 3 is 2.85 bits per heavy atom. The minimum atomic E-state index is -0.297. The van der Waals surface area contributed by atoms with Crippen molar-refractivity contribution in [2.75, 3.05) is 13.7 Å². The Bertz CT molecular complexity index is 992. The first kappa shape index (κ1) is 17.7. The van der Waals surface area contributed by atoms with Crippen molar-refractivity contribution < 1.29 is 14.4 Å². The summed E-state index contributed by atoms with van der Waals surface area (Å²) < 4.78 is 7.30. The molecule has 27 heavy (non-hydrogen) atoms. The molecule has 1 unspecified atom stereocenters. The van der Waals surface area contributed by atoms with Crippen molar-refractivity contribution in [1.82, 2.24) is 9.55 Å². The fraction of sp³-hybridized carbons (Fsp3) is 0.364. The topological polar surface area (TPSA) is 48.6 Å². The average Bonchev–Trinajstić information content (AvgIpc) is 3.30. The maximum absolute atomic E-state index is 12.6. The van der Waals surface area contributed by atoms with Crippen LogP contribution in [0.1, 0.15) is 46.2 Å². The molecule has 1 aromatic carbocycles. The number of carbonyl (C=O) groups excluding carboxylic acids is 1. The standard InChI is InChI=1S/C22H25N3O2/c1-15-16-8-4-5-9-17(16)23-18(21(15)22(26)27-3)14-25-13-7-11-20(25)19-10-6-12-24(19)2/h4-6,8-10,12,20H,7,11,13-14H2,1-3H3/p+1/t20-/m1/s1. The molecule has 3 heterocycles. The minimum Gasteiger partial charge on any atom is -0.465 e. The zero-order valence-corrected chi connectivity index (χ0v) is 16.2. The molecule has 5 heteroatoms. The van der Waals surface area contributed by atoms with Crippen LogP contribution in [0.25, 0.3) is 10.9 Å². The Morgan fingerprint density at radius 2 is 2.11 bits per heavy atom. The Labute approximate surface area is 159 Å². The van der Waals surface area contributed by atoms with E-state index in [9.17, 15) is 4.79 Å². The highest BCUT2D eigenvalue weighted by Crippen LogP contribution is 2.25. The number of hydrogen-bond acceptors (Lipinski definition) is 3. The maximum atomic E-state index is 12.6. The van der Waals surface area contributed by atoms with E-state index >= 15 is 0 Å². The summed E-state index contributed by atoms with van der Waals surface area (Å²) in [6.45, 7) is 3.81. The number of fused-ring (bicyclic) bond motifs is 1. The number of rotatable bonds is 4. The van der Waals surface area contributed by atoms with Crippen LogP contribution in [0.3, 0.4) is 0 Å². The predicted octanol–water partition coefficient (Wildman–Crippen LogP) is 2.59. The van der Waals surface area contributed by atoms with E-state index in [0.29, 0.717) is 11.6 Å². The van der Waals surface area contributed by atoms with Crippen molar-refractivity contribution in [3.8, 4) is 0 Å². The Morgan fingerprint density at radius 1 is 1.30 bits per heavy atom. The molecule has 0 aliphatic carbocycles. The average molecular weight is 364 g/mol. The predicted molar refractivity (Wildman–Crippen MR) is 105 cm³/mol. The van der Waals surface area contributed by atoms with Gasteiger partial charge in [-0.1, -0.05) is 18.2 Å². The lowest BCUT2D eigenvalue weighted by atomic mass is 10.0. The number of benzene rings is 1. The number of likely N-dealkylation sites (tertiary alicyclic amines) is 1. The van der Waals surface area contributed by atoms with Gasteiger partial charge >= 0.3 is 5.97 Å². The zero-order chi connectivity index (χ0) is 19.0. The number of methoxy groups -OCH3 is 1. The molecule has 4 rings (SSSR count). The molecule has 140 valence electrons. The van der Waals surface area contributed by atoms with E-state index in [2.05, 4.69) is 29.9 Å². The summed E-state index contributed by atoms with van der Waals surface area (Å²) >= 11 is 0. The first-order valence-electron chi connectivity index (χ1n) is 9.52. The molecule has 1 N–H and O–H groups in total. The molecule has 5 nitrogen and oxygen atoms in total. The lowest BCUT2D eigenvalue weighted by Crippen LogP contribution is -3.09. The summed E-state index contributed by atoms with van der Waals surface area (Å²) in [5.41, 5.74) is 4.71. The highest BCUT2D eigenvalue weighted by Gasteiger charge is 2.33. The third-order valence-electron chi connectivity index (χ3n) is 5.84. The molecular formula is C22H26N3O2+. The van der Waals surface area contributed by atoms with Gasteiger partial charge in [0.05, 0.1) is 30.4 Å². The summed E-state index contributed by atoms with van der Waals surface area (Å²) in [4.78, 5) is 18.9. The van der Waals surface area contributed by atoms with Gasteiger partial charge in [0.15, 0.2) is 0 Å². The van der Waals surface area contributed by atoms with E-state index in [-0.39, 0.29) is 5.97 Å². The zero-order valence-electron chi connectivity index (χ0n) is 16.2. The number of aryl methyl sites for hydroxylation is 2. The number of nitrogens with one attached hydrogen (secondary N) is 1. The highest BCUT2D eigenvalue weighted by molar-refractivity contribution is 5.98. The lowest BCUT2D eigenvalue weighted by molar-refractivity contribution is -0.932. The number of para-hydroxylation sites is 1. The van der Waals surface area contributed by atoms with Crippen LogP contribution < -0.4 is 4.90 Å². The molecule has 1 fully saturated rings. The van der Waals surface area contributed by atoms with Crippen molar-refractivity contribution in [1.29, 1.82) is 0 Å². The van der Waals surface area contributed by atoms with E-state index in [4.69, 9.17) is 9.72 Å². The molecule has 3 aromatic rings. The molecule has 0 bridgehead atoms. The van der Waals surface area contributed by atoms with E-state index < -0.39 is 0 Å². The normalized spacial score (nSPS) is 19.5. The second-order valence-electron chi connectivity index (χ2n) is 7.39. The molecule has 1 aliphatic rings. The number of carbonyl (C=O) groups is 1. The van der Waals surface area contributed by atoms with Crippen molar-refractivity contribution in [3.05, 3.63) is 65.1 Å². The Kier molecular flexibility index (Phi) is 4.70. The van der Waals surface area contributed by atoms with Gasteiger partial charge in [0.1, 0.15) is 18.3 Å². The van der Waals surface area contributed by atoms with Crippen LogP contribution in [0.2, 0.25) is 0 Å². The molecule has 2 aromatic heterocycles. The quantitative estimate of drug-likeness (QED) is 0.724. The Balaban J connectivity index is 1.76. The third-order valence-corrected chi connectivity index (χ3v) is 5.84. The lowest BCUT2D eigenvalue weighted by Gasteiger charge is -2.23.